The molecule has 0 radical (unpaired) electrons. The van der Waals surface area contributed by atoms with E-state index in [4.69, 9.17) is 0 Å². The predicted molar refractivity (Wildman–Crippen MR) is 109 cm³/mol. The number of anilines is 1. The second-order valence-corrected chi connectivity index (χ2v) is 7.02. The minimum Gasteiger partial charge on any atom is -0.433 e. The first-order chi connectivity index (χ1) is 14.0. The van der Waals surface area contributed by atoms with Gasteiger partial charge in [-0.25, -0.2) is 4.98 Å². The Labute approximate surface area is 169 Å². The number of nitrogens with zero attached hydrogens (tertiary/aromatic N) is 2. The second-order valence-electron chi connectivity index (χ2n) is 6.08. The van der Waals surface area contributed by atoms with Gasteiger partial charge in [-0.1, -0.05) is 43.0 Å². The highest BCUT2D eigenvalue weighted by molar-refractivity contribution is 7.99. The summed E-state index contributed by atoms with van der Waals surface area (Å²) in [6.45, 7) is -0.568. The van der Waals surface area contributed by atoms with Crippen molar-refractivity contribution in [2.45, 2.75) is 31.7 Å². The van der Waals surface area contributed by atoms with Gasteiger partial charge in [0.2, 0.25) is 5.91 Å². The number of fused-ring (bicyclic) bond motifs is 1. The Morgan fingerprint density at radius 1 is 1.21 bits per heavy atom. The maximum atomic E-state index is 12.7. The molecule has 152 valence electrons. The normalized spacial score (nSPS) is 11.0. The molecular formula is C20H19F2N3O3S. The van der Waals surface area contributed by atoms with Crippen molar-refractivity contribution in [1.82, 2.24) is 9.55 Å². The fraction of sp³-hybridized carbons (Fsp3) is 0.250. The van der Waals surface area contributed by atoms with Crippen LogP contribution in [0, 0.1) is 0 Å². The number of amides is 1. The Morgan fingerprint density at radius 3 is 2.69 bits per heavy atom. The van der Waals surface area contributed by atoms with Gasteiger partial charge in [-0.2, -0.15) is 8.78 Å². The highest BCUT2D eigenvalue weighted by Crippen LogP contribution is 2.26. The van der Waals surface area contributed by atoms with Crippen molar-refractivity contribution >= 4 is 34.3 Å². The maximum Gasteiger partial charge on any atom is 0.387 e. The molecule has 0 unspecified atom stereocenters. The molecule has 2 aromatic carbocycles. The molecule has 0 atom stereocenters. The Balaban J connectivity index is 1.78. The van der Waals surface area contributed by atoms with Crippen LogP contribution in [0.4, 0.5) is 14.5 Å². The number of ether oxygens (including phenoxy) is 1. The summed E-state index contributed by atoms with van der Waals surface area (Å²) in [5, 5.41) is 3.51. The van der Waals surface area contributed by atoms with Crippen LogP contribution in [0.2, 0.25) is 0 Å². The van der Waals surface area contributed by atoms with E-state index < -0.39 is 12.5 Å². The van der Waals surface area contributed by atoms with Gasteiger partial charge in [0.05, 0.1) is 22.3 Å². The molecule has 1 heterocycles. The quantitative estimate of drug-likeness (QED) is 0.439. The summed E-state index contributed by atoms with van der Waals surface area (Å²) in [4.78, 5) is 29.6. The van der Waals surface area contributed by atoms with Crippen LogP contribution in [0.5, 0.6) is 5.75 Å². The van der Waals surface area contributed by atoms with Crippen LogP contribution < -0.4 is 15.6 Å². The molecule has 3 aromatic rings. The lowest BCUT2D eigenvalue weighted by Gasteiger charge is -2.13. The van der Waals surface area contributed by atoms with Gasteiger partial charge in [-0.3, -0.25) is 14.2 Å². The van der Waals surface area contributed by atoms with E-state index in [-0.39, 0.29) is 22.7 Å². The van der Waals surface area contributed by atoms with Crippen molar-refractivity contribution in [2.24, 2.45) is 0 Å². The van der Waals surface area contributed by atoms with Crippen LogP contribution in [0.25, 0.3) is 10.9 Å². The molecule has 0 fully saturated rings. The molecule has 0 spiro atoms. The van der Waals surface area contributed by atoms with Crippen LogP contribution in [0.15, 0.2) is 58.5 Å². The summed E-state index contributed by atoms with van der Waals surface area (Å²) in [6.07, 6.45) is 0.734. The van der Waals surface area contributed by atoms with E-state index in [1.54, 1.807) is 34.9 Å². The van der Waals surface area contributed by atoms with Crippen molar-refractivity contribution < 1.29 is 18.3 Å². The van der Waals surface area contributed by atoms with E-state index in [1.807, 2.05) is 6.92 Å². The van der Waals surface area contributed by atoms with Gasteiger partial charge in [0.1, 0.15) is 5.75 Å². The summed E-state index contributed by atoms with van der Waals surface area (Å²) in [7, 11) is 0. The van der Waals surface area contributed by atoms with Gasteiger partial charge in [0.25, 0.3) is 5.56 Å². The van der Waals surface area contributed by atoms with E-state index in [0.717, 1.165) is 18.2 Å². The smallest absolute Gasteiger partial charge is 0.387 e. The number of thioether (sulfide) groups is 1. The Kier molecular flexibility index (Phi) is 6.82. The van der Waals surface area contributed by atoms with E-state index in [1.165, 1.54) is 18.2 Å². The lowest BCUT2D eigenvalue weighted by Crippen LogP contribution is -2.24. The van der Waals surface area contributed by atoms with Crippen LogP contribution in [0.1, 0.15) is 13.3 Å². The Hall–Kier alpha value is -2.94. The minimum atomic E-state index is -2.99. The first-order valence-electron chi connectivity index (χ1n) is 8.95. The standard InChI is InChI=1S/C20H19F2N3O3S/c1-2-11-25-18(27)13-7-3-4-8-14(13)24-20(25)29-12-17(26)23-15-9-5-6-10-16(15)28-19(21)22/h3-10,19H,2,11-12H2,1H3,(H,23,26). The van der Waals surface area contributed by atoms with Crippen molar-refractivity contribution in [3.63, 3.8) is 0 Å². The van der Waals surface area contributed by atoms with Gasteiger partial charge in [0.15, 0.2) is 5.16 Å². The number of carbonyl (C=O) groups excluding carboxylic acids is 1. The molecule has 0 aliphatic carbocycles. The van der Waals surface area contributed by atoms with E-state index in [0.29, 0.717) is 22.6 Å². The lowest BCUT2D eigenvalue weighted by molar-refractivity contribution is -0.113. The minimum absolute atomic E-state index is 0.0441. The highest BCUT2D eigenvalue weighted by atomic mass is 32.2. The molecule has 1 aromatic heterocycles. The molecule has 1 amide bonds. The van der Waals surface area contributed by atoms with E-state index >= 15 is 0 Å². The van der Waals surface area contributed by atoms with Gasteiger partial charge >= 0.3 is 6.61 Å². The number of hydrogen-bond donors (Lipinski definition) is 1. The monoisotopic (exact) mass is 419 g/mol. The van der Waals surface area contributed by atoms with Crippen LogP contribution in [0.3, 0.4) is 0 Å². The molecule has 0 bridgehead atoms. The number of hydrogen-bond acceptors (Lipinski definition) is 5. The summed E-state index contributed by atoms with van der Waals surface area (Å²) < 4.78 is 31.0. The zero-order valence-corrected chi connectivity index (χ0v) is 16.4. The SMILES string of the molecule is CCCn1c(SCC(=O)Nc2ccccc2OC(F)F)nc2ccccc2c1=O. The summed E-state index contributed by atoms with van der Waals surface area (Å²) in [6, 6.07) is 13.0. The molecule has 29 heavy (non-hydrogen) atoms. The number of halogens is 2. The third kappa shape index (κ3) is 5.11. The third-order valence-electron chi connectivity index (χ3n) is 3.98. The second kappa shape index (κ2) is 9.51. The first kappa shape index (κ1) is 20.8. The molecule has 1 N–H and O–H groups in total. The fourth-order valence-corrected chi connectivity index (χ4v) is 3.59. The molecule has 3 rings (SSSR count). The van der Waals surface area contributed by atoms with Gasteiger partial charge < -0.3 is 10.1 Å². The largest absolute Gasteiger partial charge is 0.433 e. The van der Waals surface area contributed by atoms with Crippen molar-refractivity contribution in [3.8, 4) is 5.75 Å². The Bertz CT molecular complexity index is 1070. The molecule has 9 heteroatoms. The summed E-state index contributed by atoms with van der Waals surface area (Å²) in [5.74, 6) is -0.587. The third-order valence-corrected chi connectivity index (χ3v) is 4.96. The van der Waals surface area contributed by atoms with E-state index in [2.05, 4.69) is 15.0 Å². The topological polar surface area (TPSA) is 73.2 Å². The summed E-state index contributed by atoms with van der Waals surface area (Å²) >= 11 is 1.11. The zero-order chi connectivity index (χ0) is 20.8. The highest BCUT2D eigenvalue weighted by Gasteiger charge is 2.15. The molecule has 0 saturated carbocycles. The van der Waals surface area contributed by atoms with Crippen molar-refractivity contribution in [3.05, 3.63) is 58.9 Å². The Morgan fingerprint density at radius 2 is 1.93 bits per heavy atom. The predicted octanol–water partition coefficient (Wildman–Crippen LogP) is 4.14. The lowest BCUT2D eigenvalue weighted by atomic mass is 10.2. The number of alkyl halides is 2. The fourth-order valence-electron chi connectivity index (χ4n) is 2.76. The van der Waals surface area contributed by atoms with Crippen LogP contribution in [-0.2, 0) is 11.3 Å². The van der Waals surface area contributed by atoms with Gasteiger partial charge in [-0.05, 0) is 30.7 Å². The first-order valence-corrected chi connectivity index (χ1v) is 9.94. The number of carbonyl (C=O) groups is 1. The maximum absolute atomic E-state index is 12.7. The molecule has 0 aliphatic rings. The zero-order valence-electron chi connectivity index (χ0n) is 15.6. The number of para-hydroxylation sites is 3. The van der Waals surface area contributed by atoms with Crippen LogP contribution in [-0.4, -0.2) is 27.8 Å². The average Bonchev–Trinajstić information content (AvgIpc) is 2.70. The van der Waals surface area contributed by atoms with Gasteiger partial charge in [-0.15, -0.1) is 0 Å². The van der Waals surface area contributed by atoms with Crippen LogP contribution >= 0.6 is 11.8 Å². The summed E-state index contributed by atoms with van der Waals surface area (Å²) in [5.41, 5.74) is 0.551. The number of aromatic nitrogens is 2. The molecule has 6 nitrogen and oxygen atoms in total. The van der Waals surface area contributed by atoms with Crippen molar-refractivity contribution in [1.29, 1.82) is 0 Å². The van der Waals surface area contributed by atoms with E-state index in [9.17, 15) is 18.4 Å². The molecule has 0 aliphatic heterocycles. The number of benzene rings is 2. The number of nitrogens with one attached hydrogen (secondary N) is 1. The average molecular weight is 419 g/mol. The van der Waals surface area contributed by atoms with Gasteiger partial charge in [0, 0.05) is 6.54 Å². The number of rotatable bonds is 8. The molecule has 0 saturated heterocycles. The van der Waals surface area contributed by atoms with Crippen molar-refractivity contribution in [2.75, 3.05) is 11.1 Å². The molecular weight excluding hydrogens is 400 g/mol.